The summed E-state index contributed by atoms with van der Waals surface area (Å²) in [6.45, 7) is 6.30. The third-order valence-electron chi connectivity index (χ3n) is 10.9. The third-order valence-corrected chi connectivity index (χ3v) is 10.9. The second-order valence-corrected chi connectivity index (χ2v) is 17.4. The van der Waals surface area contributed by atoms with Crippen LogP contribution >= 0.6 is 0 Å². The van der Waals surface area contributed by atoms with E-state index >= 15 is 0 Å². The van der Waals surface area contributed by atoms with Gasteiger partial charge in [-0.15, -0.1) is 0 Å². The van der Waals surface area contributed by atoms with Crippen LogP contribution in [0.2, 0.25) is 0 Å². The molecule has 6 nitrogen and oxygen atoms in total. The molecule has 0 saturated heterocycles. The van der Waals surface area contributed by atoms with Gasteiger partial charge in [-0.1, -0.05) is 199 Å². The van der Waals surface area contributed by atoms with Gasteiger partial charge in [-0.2, -0.15) is 0 Å². The average Bonchev–Trinajstić information content (AvgIpc) is 3.34. The summed E-state index contributed by atoms with van der Waals surface area (Å²) in [6.07, 6.45) is 77.2. The van der Waals surface area contributed by atoms with E-state index in [-0.39, 0.29) is 37.5 Å². The van der Waals surface area contributed by atoms with Gasteiger partial charge < -0.3 is 14.2 Å². The molecule has 0 rings (SSSR count). The summed E-state index contributed by atoms with van der Waals surface area (Å²) in [6, 6.07) is 0. The topological polar surface area (TPSA) is 78.9 Å². The Kier molecular flexibility index (Phi) is 51.5. The lowest BCUT2D eigenvalue weighted by Crippen LogP contribution is -2.30. The molecule has 1 atom stereocenters. The molecular weight excluding hydrogens is 841 g/mol. The van der Waals surface area contributed by atoms with E-state index in [0.29, 0.717) is 19.3 Å². The fraction of sp³-hybridized carbons (Fsp3) is 0.597. The molecule has 0 aliphatic rings. The standard InChI is InChI=1S/C62H98O6/c1-4-7-10-13-16-19-22-25-28-30-31-32-35-37-40-43-46-49-52-55-61(64)67-58-59(57-66-60(63)54-51-48-45-42-39-36-33-27-24-21-18-15-12-9-6-3)68-62(65)56-53-50-47-44-41-38-34-29-26-23-20-17-14-11-8-5-2/h7,9-10,12,16,18-21,23,25,27-29,31-34,37,39-40,42,59H,4-6,8,11,13-15,17,22,24,26,30,35-36,38,41,43-58H2,1-3H3/b10-7-,12-9-,19-16-,21-18-,23-20-,28-25-,32-31-,33-27-,34-29-,40-37-,42-39-. The molecule has 0 aromatic carbocycles. The van der Waals surface area contributed by atoms with Crippen molar-refractivity contribution >= 4 is 17.9 Å². The fourth-order valence-electron chi connectivity index (χ4n) is 6.84. The van der Waals surface area contributed by atoms with Crippen molar-refractivity contribution in [2.75, 3.05) is 13.2 Å². The van der Waals surface area contributed by atoms with Crippen molar-refractivity contribution in [1.29, 1.82) is 0 Å². The number of ether oxygens (including phenoxy) is 3. The molecule has 68 heavy (non-hydrogen) atoms. The van der Waals surface area contributed by atoms with Gasteiger partial charge in [0.15, 0.2) is 6.10 Å². The van der Waals surface area contributed by atoms with Gasteiger partial charge in [0.05, 0.1) is 0 Å². The zero-order valence-electron chi connectivity index (χ0n) is 43.6. The van der Waals surface area contributed by atoms with E-state index in [1.54, 1.807) is 0 Å². The van der Waals surface area contributed by atoms with Crippen LogP contribution in [-0.4, -0.2) is 37.2 Å². The number of esters is 3. The van der Waals surface area contributed by atoms with E-state index in [9.17, 15) is 14.4 Å². The van der Waals surface area contributed by atoms with Crippen molar-refractivity contribution in [2.24, 2.45) is 0 Å². The van der Waals surface area contributed by atoms with Crippen molar-refractivity contribution in [3.63, 3.8) is 0 Å². The first kappa shape index (κ1) is 63.5. The summed E-state index contributed by atoms with van der Waals surface area (Å²) < 4.78 is 16.8. The minimum atomic E-state index is -0.821. The van der Waals surface area contributed by atoms with Crippen molar-refractivity contribution in [2.45, 2.75) is 226 Å². The zero-order valence-corrected chi connectivity index (χ0v) is 43.6. The van der Waals surface area contributed by atoms with Gasteiger partial charge in [0.2, 0.25) is 0 Å². The van der Waals surface area contributed by atoms with E-state index in [1.807, 2.05) is 0 Å². The van der Waals surface area contributed by atoms with E-state index in [0.717, 1.165) is 141 Å². The Morgan fingerprint density at radius 2 is 0.574 bits per heavy atom. The van der Waals surface area contributed by atoms with Crippen LogP contribution in [0.25, 0.3) is 0 Å². The molecule has 0 amide bonds. The lowest BCUT2D eigenvalue weighted by atomic mass is 10.1. The number of allylic oxidation sites excluding steroid dienone is 22. The number of unbranched alkanes of at least 4 members (excludes halogenated alkanes) is 14. The minimum absolute atomic E-state index is 0.119. The van der Waals surface area contributed by atoms with Crippen LogP contribution in [0.5, 0.6) is 0 Å². The maximum absolute atomic E-state index is 12.8. The Hall–Kier alpha value is -4.45. The lowest BCUT2D eigenvalue weighted by molar-refractivity contribution is -0.167. The van der Waals surface area contributed by atoms with Crippen molar-refractivity contribution in [3.05, 3.63) is 134 Å². The Morgan fingerprint density at radius 1 is 0.309 bits per heavy atom. The summed E-state index contributed by atoms with van der Waals surface area (Å²) in [7, 11) is 0. The quantitative estimate of drug-likeness (QED) is 0.0262. The Balaban J connectivity index is 4.56. The van der Waals surface area contributed by atoms with Crippen LogP contribution in [0.3, 0.4) is 0 Å². The summed E-state index contributed by atoms with van der Waals surface area (Å²) in [5.74, 6) is -1.01. The van der Waals surface area contributed by atoms with Crippen LogP contribution in [0.1, 0.15) is 220 Å². The molecular formula is C62H98O6. The number of hydrogen-bond acceptors (Lipinski definition) is 6. The predicted octanol–water partition coefficient (Wildman–Crippen LogP) is 18.3. The van der Waals surface area contributed by atoms with Crippen molar-refractivity contribution < 1.29 is 28.6 Å². The summed E-state index contributed by atoms with van der Waals surface area (Å²) in [5, 5.41) is 0. The van der Waals surface area contributed by atoms with Crippen LogP contribution in [0.15, 0.2) is 134 Å². The van der Waals surface area contributed by atoms with Gasteiger partial charge in [0, 0.05) is 19.3 Å². The van der Waals surface area contributed by atoms with Crippen LogP contribution in [-0.2, 0) is 28.6 Å². The van der Waals surface area contributed by atoms with Crippen molar-refractivity contribution in [3.8, 4) is 0 Å². The second-order valence-electron chi connectivity index (χ2n) is 17.4. The first-order chi connectivity index (χ1) is 33.5. The highest BCUT2D eigenvalue weighted by atomic mass is 16.6. The van der Waals surface area contributed by atoms with Crippen LogP contribution in [0, 0.1) is 0 Å². The molecule has 0 bridgehead atoms. The van der Waals surface area contributed by atoms with E-state index in [4.69, 9.17) is 14.2 Å². The van der Waals surface area contributed by atoms with E-state index < -0.39 is 6.10 Å². The van der Waals surface area contributed by atoms with Crippen LogP contribution < -0.4 is 0 Å². The second kappa shape index (κ2) is 55.1. The number of carbonyl (C=O) groups is 3. The van der Waals surface area contributed by atoms with Gasteiger partial charge in [0.1, 0.15) is 13.2 Å². The van der Waals surface area contributed by atoms with Crippen molar-refractivity contribution in [1.82, 2.24) is 0 Å². The minimum Gasteiger partial charge on any atom is -0.462 e. The molecule has 0 radical (unpaired) electrons. The monoisotopic (exact) mass is 939 g/mol. The maximum Gasteiger partial charge on any atom is 0.306 e. The molecule has 0 spiro atoms. The molecule has 0 aliphatic carbocycles. The SMILES string of the molecule is CC/C=C\C/C=C\C/C=C\C/C=C\C/C=C\CCCCCC(=O)OCC(COC(=O)CCCC/C=C\C/C=C\C/C=C\C/C=C\CC)OC(=O)CCCCCCC/C=C\C/C=C\CCCCCC. The highest BCUT2D eigenvalue weighted by molar-refractivity contribution is 5.71. The largest absolute Gasteiger partial charge is 0.462 e. The molecule has 6 heteroatoms. The molecule has 0 N–H and O–H groups in total. The Bertz CT molecular complexity index is 1500. The zero-order chi connectivity index (χ0) is 49.3. The summed E-state index contributed by atoms with van der Waals surface area (Å²) in [5.41, 5.74) is 0. The van der Waals surface area contributed by atoms with Gasteiger partial charge >= 0.3 is 17.9 Å². The van der Waals surface area contributed by atoms with Gasteiger partial charge in [0.25, 0.3) is 0 Å². The average molecular weight is 939 g/mol. The first-order valence-corrected chi connectivity index (χ1v) is 27.2. The molecule has 1 unspecified atom stereocenters. The smallest absolute Gasteiger partial charge is 0.306 e. The summed E-state index contributed by atoms with van der Waals surface area (Å²) in [4.78, 5) is 38.1. The van der Waals surface area contributed by atoms with Gasteiger partial charge in [-0.3, -0.25) is 14.4 Å². The van der Waals surface area contributed by atoms with E-state index in [2.05, 4.69) is 154 Å². The fourth-order valence-corrected chi connectivity index (χ4v) is 6.84. The molecule has 0 saturated carbocycles. The Labute approximate surface area is 417 Å². The molecule has 0 aromatic rings. The molecule has 382 valence electrons. The number of rotatable bonds is 47. The normalized spacial score (nSPS) is 13.2. The highest BCUT2D eigenvalue weighted by Gasteiger charge is 2.19. The van der Waals surface area contributed by atoms with E-state index in [1.165, 1.54) is 32.1 Å². The molecule has 0 fully saturated rings. The lowest BCUT2D eigenvalue weighted by Gasteiger charge is -2.18. The Morgan fingerprint density at radius 3 is 0.941 bits per heavy atom. The van der Waals surface area contributed by atoms with Gasteiger partial charge in [-0.25, -0.2) is 0 Å². The first-order valence-electron chi connectivity index (χ1n) is 27.2. The molecule has 0 heterocycles. The van der Waals surface area contributed by atoms with Gasteiger partial charge in [-0.05, 0) is 135 Å². The number of carbonyl (C=O) groups excluding carboxylic acids is 3. The maximum atomic E-state index is 12.8. The highest BCUT2D eigenvalue weighted by Crippen LogP contribution is 2.12. The summed E-state index contributed by atoms with van der Waals surface area (Å²) >= 11 is 0. The third kappa shape index (κ3) is 52.5. The number of hydrogen-bond donors (Lipinski definition) is 0. The van der Waals surface area contributed by atoms with Crippen LogP contribution in [0.4, 0.5) is 0 Å². The molecule has 0 aliphatic heterocycles. The predicted molar refractivity (Wildman–Crippen MR) is 292 cm³/mol. The molecule has 0 aromatic heterocycles.